The van der Waals surface area contributed by atoms with Gasteiger partial charge in [0.2, 0.25) is 0 Å². The molecular weight excluding hydrogens is 258 g/mol. The van der Waals surface area contributed by atoms with Crippen molar-refractivity contribution in [2.75, 3.05) is 6.54 Å². The van der Waals surface area contributed by atoms with Crippen molar-refractivity contribution < 1.29 is 0 Å². The van der Waals surface area contributed by atoms with Gasteiger partial charge >= 0.3 is 0 Å². The highest BCUT2D eigenvalue weighted by molar-refractivity contribution is 7.17. The van der Waals surface area contributed by atoms with Crippen LogP contribution in [0.2, 0.25) is 0 Å². The van der Waals surface area contributed by atoms with E-state index in [1.807, 2.05) is 11.4 Å². The van der Waals surface area contributed by atoms with E-state index >= 15 is 0 Å². The van der Waals surface area contributed by atoms with Crippen molar-refractivity contribution in [1.82, 2.24) is 15.3 Å². The molecule has 1 saturated carbocycles. The third-order valence-electron chi connectivity index (χ3n) is 3.89. The Morgan fingerprint density at radius 1 is 1.53 bits per heavy atom. The highest BCUT2D eigenvalue weighted by atomic mass is 32.1. The first-order valence-electron chi connectivity index (χ1n) is 6.89. The molecule has 1 fully saturated rings. The van der Waals surface area contributed by atoms with Gasteiger partial charge in [0.1, 0.15) is 10.5 Å². The van der Waals surface area contributed by atoms with Crippen molar-refractivity contribution >= 4 is 21.6 Å². The van der Waals surface area contributed by atoms with Crippen LogP contribution in [0, 0.1) is 11.8 Å². The summed E-state index contributed by atoms with van der Waals surface area (Å²) in [6.07, 6.45) is 3.99. The van der Waals surface area contributed by atoms with Crippen molar-refractivity contribution in [2.45, 2.75) is 32.7 Å². The number of fused-ring (bicyclic) bond motifs is 1. The van der Waals surface area contributed by atoms with Gasteiger partial charge in [0.05, 0.1) is 12.1 Å². The molecule has 19 heavy (non-hydrogen) atoms. The van der Waals surface area contributed by atoms with Gasteiger partial charge in [0, 0.05) is 0 Å². The molecule has 2 aromatic rings. The zero-order chi connectivity index (χ0) is 13.2. The highest BCUT2D eigenvalue weighted by Gasteiger charge is 2.20. The number of nitrogens with one attached hydrogen (secondary N) is 2. The van der Waals surface area contributed by atoms with Crippen LogP contribution in [-0.4, -0.2) is 16.5 Å². The van der Waals surface area contributed by atoms with E-state index in [-0.39, 0.29) is 5.56 Å². The number of nitrogens with zero attached hydrogens (tertiary/aromatic N) is 1. The highest BCUT2D eigenvalue weighted by Crippen LogP contribution is 2.29. The van der Waals surface area contributed by atoms with Crippen LogP contribution in [0.5, 0.6) is 0 Å². The molecular formula is C14H19N3OS. The molecule has 102 valence electrons. The lowest BCUT2D eigenvalue weighted by atomic mass is 10.1. The van der Waals surface area contributed by atoms with Gasteiger partial charge in [0.25, 0.3) is 5.56 Å². The van der Waals surface area contributed by atoms with E-state index < -0.39 is 0 Å². The summed E-state index contributed by atoms with van der Waals surface area (Å²) in [5.74, 6) is 2.39. The van der Waals surface area contributed by atoms with Crippen LogP contribution in [0.3, 0.4) is 0 Å². The summed E-state index contributed by atoms with van der Waals surface area (Å²) < 4.78 is 0.716. The van der Waals surface area contributed by atoms with Crippen molar-refractivity contribution in [2.24, 2.45) is 11.8 Å². The molecule has 5 heteroatoms. The fourth-order valence-corrected chi connectivity index (χ4v) is 3.64. The van der Waals surface area contributed by atoms with Crippen LogP contribution in [0.4, 0.5) is 0 Å². The number of hydrogen-bond donors (Lipinski definition) is 2. The Labute approximate surface area is 116 Å². The van der Waals surface area contributed by atoms with Gasteiger partial charge < -0.3 is 10.3 Å². The molecule has 2 atom stereocenters. The van der Waals surface area contributed by atoms with Crippen LogP contribution >= 0.6 is 11.3 Å². The second-order valence-corrected chi connectivity index (χ2v) is 6.48. The summed E-state index contributed by atoms with van der Waals surface area (Å²) in [5.41, 5.74) is 0.784. The zero-order valence-electron chi connectivity index (χ0n) is 11.1. The summed E-state index contributed by atoms with van der Waals surface area (Å²) in [6, 6.07) is 1.90. The average Bonchev–Trinajstić information content (AvgIpc) is 2.98. The van der Waals surface area contributed by atoms with Gasteiger partial charge in [-0.05, 0) is 42.7 Å². The van der Waals surface area contributed by atoms with E-state index in [9.17, 15) is 4.79 Å². The first-order valence-corrected chi connectivity index (χ1v) is 7.77. The molecule has 0 aromatic carbocycles. The maximum absolute atomic E-state index is 11.8. The molecule has 1 aliphatic carbocycles. The largest absolute Gasteiger partial charge is 0.310 e. The first kappa shape index (κ1) is 12.8. The van der Waals surface area contributed by atoms with E-state index in [0.29, 0.717) is 11.2 Å². The monoisotopic (exact) mass is 277 g/mol. The lowest BCUT2D eigenvalue weighted by Crippen LogP contribution is -2.23. The Hall–Kier alpha value is -1.20. The van der Waals surface area contributed by atoms with E-state index in [0.717, 1.165) is 29.7 Å². The minimum absolute atomic E-state index is 0.0220. The number of thiophene rings is 1. The molecule has 2 N–H and O–H groups in total. The van der Waals surface area contributed by atoms with Crippen LogP contribution in [0.1, 0.15) is 32.0 Å². The topological polar surface area (TPSA) is 57.8 Å². The quantitative estimate of drug-likeness (QED) is 0.903. The summed E-state index contributed by atoms with van der Waals surface area (Å²) in [7, 11) is 0. The second kappa shape index (κ2) is 5.43. The minimum atomic E-state index is -0.0220. The third kappa shape index (κ3) is 2.87. The van der Waals surface area contributed by atoms with E-state index in [4.69, 9.17) is 0 Å². The molecule has 0 saturated heterocycles. The standard InChI is InChI=1S/C14H19N3OS/c1-9-2-3-10(6-9)7-15-8-12-16-11-4-5-19-13(11)14(18)17-12/h4-5,9-10,15H,2-3,6-8H2,1H3,(H,16,17,18). The molecule has 0 radical (unpaired) electrons. The normalized spacial score (nSPS) is 23.2. The molecule has 0 amide bonds. The zero-order valence-corrected chi connectivity index (χ0v) is 11.9. The molecule has 0 spiro atoms. The number of aromatic amines is 1. The predicted molar refractivity (Wildman–Crippen MR) is 78.5 cm³/mol. The number of hydrogen-bond acceptors (Lipinski definition) is 4. The minimum Gasteiger partial charge on any atom is -0.310 e. The van der Waals surface area contributed by atoms with Crippen LogP contribution in [-0.2, 0) is 6.54 Å². The van der Waals surface area contributed by atoms with E-state index in [2.05, 4.69) is 22.2 Å². The Kier molecular flexibility index (Phi) is 3.66. The SMILES string of the molecule is CC1CCC(CNCc2nc3ccsc3c(=O)[nH]2)C1. The van der Waals surface area contributed by atoms with E-state index in [1.54, 1.807) is 0 Å². The average molecular weight is 277 g/mol. The van der Waals surface area contributed by atoms with Gasteiger partial charge in [-0.3, -0.25) is 4.79 Å². The third-order valence-corrected chi connectivity index (χ3v) is 4.80. The molecule has 0 aliphatic heterocycles. The summed E-state index contributed by atoms with van der Waals surface area (Å²) >= 11 is 1.44. The predicted octanol–water partition coefficient (Wildman–Crippen LogP) is 2.51. The molecule has 1 aliphatic rings. The first-order chi connectivity index (χ1) is 9.22. The Bertz CT molecular complexity index is 618. The molecule has 0 bridgehead atoms. The summed E-state index contributed by atoms with van der Waals surface area (Å²) in [6.45, 7) is 3.99. The number of H-pyrrole nitrogens is 1. The van der Waals surface area contributed by atoms with Crippen LogP contribution < -0.4 is 10.9 Å². The summed E-state index contributed by atoms with van der Waals surface area (Å²) in [4.78, 5) is 19.1. The van der Waals surface area contributed by atoms with Crippen molar-refractivity contribution in [3.8, 4) is 0 Å². The van der Waals surface area contributed by atoms with Gasteiger partial charge in [0.15, 0.2) is 0 Å². The molecule has 3 rings (SSSR count). The van der Waals surface area contributed by atoms with Gasteiger partial charge in [-0.15, -0.1) is 11.3 Å². The number of aromatic nitrogens is 2. The Balaban J connectivity index is 1.60. The maximum Gasteiger partial charge on any atom is 0.268 e. The summed E-state index contributed by atoms with van der Waals surface area (Å²) in [5, 5.41) is 5.33. The van der Waals surface area contributed by atoms with Crippen molar-refractivity contribution in [1.29, 1.82) is 0 Å². The van der Waals surface area contributed by atoms with Gasteiger partial charge in [-0.1, -0.05) is 13.3 Å². The molecule has 2 unspecified atom stereocenters. The van der Waals surface area contributed by atoms with Crippen LogP contribution in [0.25, 0.3) is 10.2 Å². The van der Waals surface area contributed by atoms with Crippen molar-refractivity contribution in [3.05, 3.63) is 27.6 Å². The molecule has 4 nitrogen and oxygen atoms in total. The van der Waals surface area contributed by atoms with Crippen LogP contribution in [0.15, 0.2) is 16.2 Å². The Morgan fingerprint density at radius 2 is 2.42 bits per heavy atom. The Morgan fingerprint density at radius 3 is 3.21 bits per heavy atom. The smallest absolute Gasteiger partial charge is 0.268 e. The fraction of sp³-hybridized carbons (Fsp3) is 0.571. The second-order valence-electron chi connectivity index (χ2n) is 5.56. The van der Waals surface area contributed by atoms with E-state index in [1.165, 1.54) is 30.6 Å². The van der Waals surface area contributed by atoms with Gasteiger partial charge in [-0.25, -0.2) is 4.98 Å². The lowest BCUT2D eigenvalue weighted by Gasteiger charge is -2.10. The molecule has 2 heterocycles. The molecule has 2 aromatic heterocycles. The maximum atomic E-state index is 11.8. The number of rotatable bonds is 4. The van der Waals surface area contributed by atoms with Gasteiger partial charge in [-0.2, -0.15) is 0 Å². The van der Waals surface area contributed by atoms with Crippen molar-refractivity contribution in [3.63, 3.8) is 0 Å². The fourth-order valence-electron chi connectivity index (χ4n) is 2.91. The lowest BCUT2D eigenvalue weighted by molar-refractivity contribution is 0.467.